The fourth-order valence-electron chi connectivity index (χ4n) is 1.61. The maximum atomic E-state index is 11.4. The number of nitrogens with one attached hydrogen (secondary N) is 1. The van der Waals surface area contributed by atoms with Crippen LogP contribution in [-0.4, -0.2) is 33.3 Å². The highest BCUT2D eigenvalue weighted by atomic mass is 32.2. The molecule has 0 aromatic rings. The summed E-state index contributed by atoms with van der Waals surface area (Å²) in [6, 6.07) is 0. The molecule has 0 aromatic carbocycles. The van der Waals surface area contributed by atoms with Gasteiger partial charge in [0.1, 0.15) is 6.10 Å². The zero-order valence-corrected chi connectivity index (χ0v) is 13.2. The summed E-state index contributed by atoms with van der Waals surface area (Å²) in [5.74, 6) is 0.0491. The molecule has 118 valence electrons. The Morgan fingerprint density at radius 3 is 2.75 bits per heavy atom. The number of allylic oxidation sites excluding steroid dienone is 1. The Labute approximate surface area is 124 Å². The SMILES string of the molecule is CCCCCC/C=C/C(C)OC(=O)NCCCS(=O)[O-]. The van der Waals surface area contributed by atoms with Gasteiger partial charge in [-0.05, 0) is 32.3 Å². The van der Waals surface area contributed by atoms with E-state index in [0.29, 0.717) is 13.0 Å². The summed E-state index contributed by atoms with van der Waals surface area (Å²) in [7, 11) is 0. The van der Waals surface area contributed by atoms with Crippen molar-refractivity contribution < 1.29 is 18.3 Å². The Morgan fingerprint density at radius 2 is 2.10 bits per heavy atom. The molecule has 5 nitrogen and oxygen atoms in total. The summed E-state index contributed by atoms with van der Waals surface area (Å²) in [6.45, 7) is 4.29. The topological polar surface area (TPSA) is 78.5 Å². The molecule has 0 radical (unpaired) electrons. The third-order valence-corrected chi connectivity index (χ3v) is 3.30. The van der Waals surface area contributed by atoms with Crippen LogP contribution in [0.1, 0.15) is 52.4 Å². The Balaban J connectivity index is 3.58. The molecule has 20 heavy (non-hydrogen) atoms. The quantitative estimate of drug-likeness (QED) is 0.361. The first-order chi connectivity index (χ1) is 9.56. The minimum Gasteiger partial charge on any atom is -0.772 e. The fraction of sp³-hybridized carbons (Fsp3) is 0.786. The largest absolute Gasteiger partial charge is 0.772 e. The number of amides is 1. The molecular formula is C14H26NO4S-. The molecule has 0 aliphatic carbocycles. The highest BCUT2D eigenvalue weighted by Gasteiger charge is 2.04. The van der Waals surface area contributed by atoms with Gasteiger partial charge in [0.15, 0.2) is 0 Å². The van der Waals surface area contributed by atoms with Crippen molar-refractivity contribution in [2.75, 3.05) is 12.3 Å². The highest BCUT2D eigenvalue weighted by molar-refractivity contribution is 7.79. The van der Waals surface area contributed by atoms with Crippen LogP contribution in [0.25, 0.3) is 0 Å². The average Bonchev–Trinajstić information content (AvgIpc) is 2.38. The molecule has 1 amide bonds. The molecule has 0 bridgehead atoms. The molecule has 1 N–H and O–H groups in total. The van der Waals surface area contributed by atoms with Crippen molar-refractivity contribution in [2.45, 2.75) is 58.5 Å². The van der Waals surface area contributed by atoms with Crippen molar-refractivity contribution in [3.05, 3.63) is 12.2 Å². The molecule has 0 aliphatic heterocycles. The second kappa shape index (κ2) is 13.1. The van der Waals surface area contributed by atoms with E-state index in [4.69, 9.17) is 4.74 Å². The van der Waals surface area contributed by atoms with Crippen LogP contribution in [0, 0.1) is 0 Å². The predicted molar refractivity (Wildman–Crippen MR) is 80.2 cm³/mol. The zero-order valence-electron chi connectivity index (χ0n) is 12.4. The van der Waals surface area contributed by atoms with Gasteiger partial charge in [0.05, 0.1) is 0 Å². The number of carbonyl (C=O) groups excluding carboxylic acids is 1. The van der Waals surface area contributed by atoms with Crippen molar-refractivity contribution in [3.8, 4) is 0 Å². The van der Waals surface area contributed by atoms with Crippen molar-refractivity contribution in [2.24, 2.45) is 0 Å². The highest BCUT2D eigenvalue weighted by Crippen LogP contribution is 2.04. The molecule has 0 spiro atoms. The van der Waals surface area contributed by atoms with Crippen LogP contribution in [0.2, 0.25) is 0 Å². The lowest BCUT2D eigenvalue weighted by atomic mass is 10.1. The van der Waals surface area contributed by atoms with Crippen LogP contribution < -0.4 is 5.32 Å². The lowest BCUT2D eigenvalue weighted by Crippen LogP contribution is -2.28. The first-order valence-corrected chi connectivity index (χ1v) is 8.47. The van der Waals surface area contributed by atoms with Crippen LogP contribution in [-0.2, 0) is 15.8 Å². The van der Waals surface area contributed by atoms with E-state index in [0.717, 1.165) is 12.8 Å². The number of hydrogen-bond acceptors (Lipinski definition) is 4. The molecule has 2 unspecified atom stereocenters. The van der Waals surface area contributed by atoms with Gasteiger partial charge in [-0.1, -0.05) is 43.3 Å². The standard InChI is InChI=1S/C14H27NO4S/c1-3-4-5-6-7-8-10-13(2)19-14(16)15-11-9-12-20(17)18/h8,10,13H,3-7,9,11-12H2,1-2H3,(H,15,16)(H,17,18)/p-1/b10-8+. The smallest absolute Gasteiger partial charge is 0.407 e. The number of ether oxygens (including phenoxy) is 1. The first kappa shape index (κ1) is 19.1. The van der Waals surface area contributed by atoms with E-state index in [1.807, 2.05) is 12.2 Å². The van der Waals surface area contributed by atoms with E-state index in [9.17, 15) is 13.6 Å². The van der Waals surface area contributed by atoms with E-state index < -0.39 is 17.2 Å². The maximum Gasteiger partial charge on any atom is 0.407 e. The summed E-state index contributed by atoms with van der Waals surface area (Å²) in [5.41, 5.74) is 0. The summed E-state index contributed by atoms with van der Waals surface area (Å²) in [6.07, 6.45) is 9.41. The summed E-state index contributed by atoms with van der Waals surface area (Å²) >= 11 is -2.05. The van der Waals surface area contributed by atoms with Crippen LogP contribution in [0.15, 0.2) is 12.2 Å². The van der Waals surface area contributed by atoms with Gasteiger partial charge < -0.3 is 14.6 Å². The van der Waals surface area contributed by atoms with Gasteiger partial charge >= 0.3 is 6.09 Å². The van der Waals surface area contributed by atoms with Crippen LogP contribution >= 0.6 is 0 Å². The second-order valence-electron chi connectivity index (χ2n) is 4.68. The molecule has 2 atom stereocenters. The molecular weight excluding hydrogens is 278 g/mol. The van der Waals surface area contributed by atoms with Gasteiger partial charge in [-0.3, -0.25) is 4.21 Å². The summed E-state index contributed by atoms with van der Waals surface area (Å²) < 4.78 is 25.7. The molecule has 0 heterocycles. The first-order valence-electron chi connectivity index (χ1n) is 7.23. The lowest BCUT2D eigenvalue weighted by molar-refractivity contribution is 0.127. The van der Waals surface area contributed by atoms with E-state index in [2.05, 4.69) is 12.2 Å². The molecule has 0 fully saturated rings. The second-order valence-corrected chi connectivity index (χ2v) is 5.69. The monoisotopic (exact) mass is 304 g/mol. The lowest BCUT2D eigenvalue weighted by Gasteiger charge is -2.11. The number of alkyl carbamates (subject to hydrolysis) is 1. The van der Waals surface area contributed by atoms with Crippen molar-refractivity contribution in [3.63, 3.8) is 0 Å². The Bertz CT molecular complexity index is 308. The van der Waals surface area contributed by atoms with Crippen molar-refractivity contribution in [1.29, 1.82) is 0 Å². The summed E-state index contributed by atoms with van der Waals surface area (Å²) in [5, 5.41) is 2.52. The van der Waals surface area contributed by atoms with E-state index in [-0.39, 0.29) is 11.9 Å². The number of unbranched alkanes of at least 4 members (excludes halogenated alkanes) is 4. The number of carbonyl (C=O) groups is 1. The Hall–Kier alpha value is -0.880. The zero-order chi connectivity index (χ0) is 15.2. The fourth-order valence-corrected chi connectivity index (χ4v) is 1.99. The van der Waals surface area contributed by atoms with Crippen LogP contribution in [0.5, 0.6) is 0 Å². The van der Waals surface area contributed by atoms with Crippen molar-refractivity contribution in [1.82, 2.24) is 5.32 Å². The minimum atomic E-state index is -2.05. The predicted octanol–water partition coefficient (Wildman–Crippen LogP) is 2.90. The Morgan fingerprint density at radius 1 is 1.35 bits per heavy atom. The van der Waals surface area contributed by atoms with Gasteiger partial charge in [-0.2, -0.15) is 0 Å². The van der Waals surface area contributed by atoms with Crippen LogP contribution in [0.3, 0.4) is 0 Å². The maximum absolute atomic E-state index is 11.4. The average molecular weight is 304 g/mol. The Kier molecular flexibility index (Phi) is 12.5. The van der Waals surface area contributed by atoms with Gasteiger partial charge in [0.2, 0.25) is 0 Å². The minimum absolute atomic E-state index is 0.0491. The normalized spacial score (nSPS) is 14.2. The van der Waals surface area contributed by atoms with Gasteiger partial charge in [-0.15, -0.1) is 0 Å². The summed E-state index contributed by atoms with van der Waals surface area (Å²) in [4.78, 5) is 11.4. The van der Waals surface area contributed by atoms with E-state index in [1.165, 1.54) is 19.3 Å². The molecule has 0 rings (SSSR count). The molecule has 0 aromatic heterocycles. The van der Waals surface area contributed by atoms with Gasteiger partial charge in [-0.25, -0.2) is 4.79 Å². The van der Waals surface area contributed by atoms with E-state index >= 15 is 0 Å². The molecule has 6 heteroatoms. The number of hydrogen-bond donors (Lipinski definition) is 1. The van der Waals surface area contributed by atoms with Crippen LogP contribution in [0.4, 0.5) is 4.79 Å². The molecule has 0 aliphatic rings. The van der Waals surface area contributed by atoms with Crippen molar-refractivity contribution >= 4 is 17.2 Å². The van der Waals surface area contributed by atoms with Gasteiger partial charge in [0, 0.05) is 12.3 Å². The number of rotatable bonds is 11. The van der Waals surface area contributed by atoms with Gasteiger partial charge in [0.25, 0.3) is 0 Å². The third kappa shape index (κ3) is 13.5. The molecule has 0 saturated heterocycles. The molecule has 0 saturated carbocycles. The third-order valence-electron chi connectivity index (χ3n) is 2.68. The van der Waals surface area contributed by atoms with E-state index in [1.54, 1.807) is 6.92 Å².